The quantitative estimate of drug-likeness (QED) is 0.556. The molecule has 0 aliphatic carbocycles. The number of benzene rings is 1. The summed E-state index contributed by atoms with van der Waals surface area (Å²) in [7, 11) is 0. The Labute approximate surface area is 59.3 Å². The molecule has 1 rings (SSSR count). The third kappa shape index (κ3) is 2.24. The van der Waals surface area contributed by atoms with E-state index in [-0.39, 0.29) is 12.4 Å². The molecule has 0 N–H and O–H groups in total. The van der Waals surface area contributed by atoms with Gasteiger partial charge in [0.1, 0.15) is 5.69 Å². The average molecular weight is 144 g/mol. The molecule has 2 nitrogen and oxygen atoms in total. The molecule has 0 unspecified atom stereocenters. The molecule has 1 aromatic carbocycles. The Morgan fingerprint density at radius 1 is 1.11 bits per heavy atom. The zero-order chi connectivity index (χ0) is 5.82. The minimum Gasteiger partial charge on any atom is -0.147 e. The van der Waals surface area contributed by atoms with E-state index >= 15 is 0 Å². The third-order valence-corrected chi connectivity index (χ3v) is 0.862. The smallest absolute Gasteiger partial charge is 0.107 e. The summed E-state index contributed by atoms with van der Waals surface area (Å²) in [5, 5.41) is 2.72. The van der Waals surface area contributed by atoms with Crippen molar-refractivity contribution in [3.05, 3.63) is 35.2 Å². The molecule has 0 amide bonds. The van der Waals surface area contributed by atoms with Gasteiger partial charge in [-0.25, -0.2) is 0 Å². The molecule has 3 heteroatoms. The molecule has 9 heavy (non-hydrogen) atoms. The number of rotatable bonds is 1. The molecule has 0 bridgehead atoms. The van der Waals surface area contributed by atoms with Gasteiger partial charge in [0.25, 0.3) is 0 Å². The maximum atomic E-state index is 9.76. The molecule has 48 valence electrons. The largest absolute Gasteiger partial charge is 0.147 e. The monoisotopic (exact) mass is 143 g/mol. The van der Waals surface area contributed by atoms with Crippen LogP contribution in [0.2, 0.25) is 0 Å². The summed E-state index contributed by atoms with van der Waals surface area (Å²) >= 11 is 0. The van der Waals surface area contributed by atoms with Gasteiger partial charge in [0.05, 0.1) is 0 Å². The molecule has 0 radical (unpaired) electrons. The van der Waals surface area contributed by atoms with E-state index in [1.807, 2.05) is 6.07 Å². The molecule has 0 aromatic heterocycles. The number of nitroso groups, excluding NO2 is 1. The van der Waals surface area contributed by atoms with Gasteiger partial charge in [-0.05, 0) is 17.3 Å². The van der Waals surface area contributed by atoms with Crippen LogP contribution in [0.25, 0.3) is 0 Å². The molecule has 0 heterocycles. The van der Waals surface area contributed by atoms with E-state index in [0.717, 1.165) is 0 Å². The number of nitrogens with zero attached hydrogens (tertiary/aromatic N) is 1. The van der Waals surface area contributed by atoms with Crippen molar-refractivity contribution in [1.29, 1.82) is 0 Å². The fraction of sp³-hybridized carbons (Fsp3) is 0. The van der Waals surface area contributed by atoms with E-state index in [9.17, 15) is 4.91 Å². The lowest BCUT2D eigenvalue weighted by Crippen LogP contribution is -1.56. The normalized spacial score (nSPS) is 7.56. The molecule has 0 atom stereocenters. The Morgan fingerprint density at radius 2 is 1.67 bits per heavy atom. The maximum absolute atomic E-state index is 9.76. The van der Waals surface area contributed by atoms with Crippen molar-refractivity contribution in [2.45, 2.75) is 0 Å². The SMILES string of the molecule is Cl.O=Nc1ccccc1. The van der Waals surface area contributed by atoms with E-state index in [4.69, 9.17) is 0 Å². The molecule has 0 aliphatic rings. The summed E-state index contributed by atoms with van der Waals surface area (Å²) < 4.78 is 0. The van der Waals surface area contributed by atoms with Gasteiger partial charge in [-0.1, -0.05) is 18.2 Å². The molecular weight excluding hydrogens is 138 g/mol. The Kier molecular flexibility index (Phi) is 3.64. The van der Waals surface area contributed by atoms with Crippen LogP contribution in [-0.4, -0.2) is 0 Å². The van der Waals surface area contributed by atoms with Crippen LogP contribution in [0.15, 0.2) is 35.5 Å². The van der Waals surface area contributed by atoms with E-state index < -0.39 is 0 Å². The highest BCUT2D eigenvalue weighted by atomic mass is 35.5. The highest BCUT2D eigenvalue weighted by molar-refractivity contribution is 5.85. The van der Waals surface area contributed by atoms with Gasteiger partial charge in [0, 0.05) is 0 Å². The van der Waals surface area contributed by atoms with Gasteiger partial charge >= 0.3 is 0 Å². The summed E-state index contributed by atoms with van der Waals surface area (Å²) in [4.78, 5) is 9.76. The molecule has 0 spiro atoms. The van der Waals surface area contributed by atoms with Gasteiger partial charge in [0.15, 0.2) is 0 Å². The van der Waals surface area contributed by atoms with Crippen molar-refractivity contribution in [3.63, 3.8) is 0 Å². The number of halogens is 1. The van der Waals surface area contributed by atoms with Gasteiger partial charge in [0.2, 0.25) is 0 Å². The Morgan fingerprint density at radius 3 is 2.00 bits per heavy atom. The summed E-state index contributed by atoms with van der Waals surface area (Å²) in [6, 6.07) is 8.71. The Balaban J connectivity index is 0.000000640. The predicted octanol–water partition coefficient (Wildman–Crippen LogP) is 2.51. The maximum Gasteiger partial charge on any atom is 0.107 e. The lowest BCUT2D eigenvalue weighted by molar-refractivity contribution is 1.50. The Hall–Kier alpha value is -0.890. The minimum atomic E-state index is 0. The highest BCUT2D eigenvalue weighted by Gasteiger charge is 1.81. The first-order chi connectivity index (χ1) is 3.93. The van der Waals surface area contributed by atoms with Crippen LogP contribution in [0, 0.1) is 4.91 Å². The molecule has 1 aromatic rings. The van der Waals surface area contributed by atoms with E-state index in [1.54, 1.807) is 24.3 Å². The van der Waals surface area contributed by atoms with Crippen molar-refractivity contribution in [2.75, 3.05) is 0 Å². The van der Waals surface area contributed by atoms with E-state index in [2.05, 4.69) is 5.18 Å². The van der Waals surface area contributed by atoms with Crippen LogP contribution in [-0.2, 0) is 0 Å². The van der Waals surface area contributed by atoms with Crippen LogP contribution in [0.5, 0.6) is 0 Å². The first-order valence-electron chi connectivity index (χ1n) is 2.32. The fourth-order valence-corrected chi connectivity index (χ4v) is 0.489. The standard InChI is InChI=1S/C6H5NO.ClH/c8-7-6-4-2-1-3-5-6;/h1-5H;1H. The number of hydrogen-bond acceptors (Lipinski definition) is 2. The van der Waals surface area contributed by atoms with E-state index in [1.165, 1.54) is 0 Å². The number of hydrogen-bond donors (Lipinski definition) is 0. The first kappa shape index (κ1) is 8.11. The van der Waals surface area contributed by atoms with Crippen molar-refractivity contribution in [1.82, 2.24) is 0 Å². The van der Waals surface area contributed by atoms with Crippen LogP contribution in [0.3, 0.4) is 0 Å². The van der Waals surface area contributed by atoms with Crippen molar-refractivity contribution in [2.24, 2.45) is 5.18 Å². The molecule has 0 aliphatic heterocycles. The minimum absolute atomic E-state index is 0. The summed E-state index contributed by atoms with van der Waals surface area (Å²) in [5.41, 5.74) is 0.479. The van der Waals surface area contributed by atoms with Crippen molar-refractivity contribution >= 4 is 18.1 Å². The predicted molar refractivity (Wildman–Crippen MR) is 39.1 cm³/mol. The fourth-order valence-electron chi connectivity index (χ4n) is 0.489. The average Bonchev–Trinajstić information content (AvgIpc) is 1.90. The zero-order valence-electron chi connectivity index (χ0n) is 4.65. The molecule has 0 fully saturated rings. The van der Waals surface area contributed by atoms with Gasteiger partial charge < -0.3 is 0 Å². The molecule has 0 saturated heterocycles. The van der Waals surface area contributed by atoms with Gasteiger partial charge in [-0.3, -0.25) is 0 Å². The molecule has 0 saturated carbocycles. The van der Waals surface area contributed by atoms with Crippen LogP contribution >= 0.6 is 12.4 Å². The second-order valence-corrected chi connectivity index (χ2v) is 1.43. The topological polar surface area (TPSA) is 29.4 Å². The lowest BCUT2D eigenvalue weighted by atomic mass is 10.3. The first-order valence-corrected chi connectivity index (χ1v) is 2.32. The van der Waals surface area contributed by atoms with Crippen molar-refractivity contribution in [3.8, 4) is 0 Å². The molecular formula is C6H6ClNO. The third-order valence-electron chi connectivity index (χ3n) is 0.862. The highest BCUT2D eigenvalue weighted by Crippen LogP contribution is 2.07. The Bertz CT molecular complexity index is 176. The zero-order valence-corrected chi connectivity index (χ0v) is 5.47. The van der Waals surface area contributed by atoms with Gasteiger partial charge in [-0.15, -0.1) is 17.3 Å². The van der Waals surface area contributed by atoms with Crippen LogP contribution in [0.4, 0.5) is 5.69 Å². The van der Waals surface area contributed by atoms with Crippen LogP contribution in [0.1, 0.15) is 0 Å². The van der Waals surface area contributed by atoms with E-state index in [0.29, 0.717) is 5.69 Å². The van der Waals surface area contributed by atoms with Crippen molar-refractivity contribution < 1.29 is 0 Å². The lowest BCUT2D eigenvalue weighted by Gasteiger charge is -1.80. The summed E-state index contributed by atoms with van der Waals surface area (Å²) in [5.74, 6) is 0. The second-order valence-electron chi connectivity index (χ2n) is 1.43. The summed E-state index contributed by atoms with van der Waals surface area (Å²) in [6.45, 7) is 0. The summed E-state index contributed by atoms with van der Waals surface area (Å²) in [6.07, 6.45) is 0. The second kappa shape index (κ2) is 4.04. The van der Waals surface area contributed by atoms with Gasteiger partial charge in [-0.2, -0.15) is 0 Å². The van der Waals surface area contributed by atoms with Crippen LogP contribution < -0.4 is 0 Å².